The van der Waals surface area contributed by atoms with E-state index in [1.54, 1.807) is 0 Å². The van der Waals surface area contributed by atoms with E-state index in [1.807, 2.05) is 0 Å². The molecule has 0 aliphatic carbocycles. The summed E-state index contributed by atoms with van der Waals surface area (Å²) in [6.45, 7) is 0. The second-order valence-electron chi connectivity index (χ2n) is 3.75. The summed E-state index contributed by atoms with van der Waals surface area (Å²) in [7, 11) is -9.11. The molecule has 0 spiro atoms. The summed E-state index contributed by atoms with van der Waals surface area (Å²) in [4.78, 5) is -1.13. The molecule has 0 fully saturated rings. The number of aromatic hydroxyl groups is 1. The van der Waals surface area contributed by atoms with Crippen molar-refractivity contribution < 1.29 is 31.0 Å². The minimum atomic E-state index is -4.57. The second-order valence-corrected chi connectivity index (χ2v) is 6.56. The molecule has 21 heavy (non-hydrogen) atoms. The Labute approximate surface area is 165 Å². The molecule has 2 rings (SSSR count). The van der Waals surface area contributed by atoms with Gasteiger partial charge in [-0.3, -0.25) is 9.11 Å². The molecule has 0 aliphatic rings. The van der Waals surface area contributed by atoms with Gasteiger partial charge in [-0.2, -0.15) is 16.8 Å². The summed E-state index contributed by atoms with van der Waals surface area (Å²) in [5.74, 6) is -0.682. The van der Waals surface area contributed by atoms with E-state index < -0.39 is 35.8 Å². The van der Waals surface area contributed by atoms with E-state index in [0.717, 1.165) is 12.1 Å². The number of rotatable bonds is 2. The zero-order chi connectivity index (χ0) is 14.4. The predicted molar refractivity (Wildman–Crippen MR) is 79.5 cm³/mol. The standard InChI is InChI=1S/C10H8O7S2.2Na.2H/c11-8-5-7(18(12,13)14)4-6-2-1-3-9(10(6)8)19(15,16)17;;;;/h1-5,11H,(H,12,13,14)(H,15,16,17);;;;. The van der Waals surface area contributed by atoms with Gasteiger partial charge >= 0.3 is 59.1 Å². The Hall–Kier alpha value is 0.320. The van der Waals surface area contributed by atoms with Gasteiger partial charge in [0, 0.05) is 11.5 Å². The third-order valence-corrected chi connectivity index (χ3v) is 4.19. The van der Waals surface area contributed by atoms with Gasteiger partial charge in [-0.15, -0.1) is 0 Å². The van der Waals surface area contributed by atoms with E-state index in [0.29, 0.717) is 6.07 Å². The molecule has 0 unspecified atom stereocenters. The van der Waals surface area contributed by atoms with Crippen LogP contribution in [0.2, 0.25) is 0 Å². The monoisotopic (exact) mass is 352 g/mol. The third kappa shape index (κ3) is 4.64. The molecule has 0 saturated carbocycles. The van der Waals surface area contributed by atoms with Gasteiger partial charge in [-0.1, -0.05) is 12.1 Å². The van der Waals surface area contributed by atoms with Crippen molar-refractivity contribution in [2.24, 2.45) is 0 Å². The molecule has 0 aliphatic heterocycles. The van der Waals surface area contributed by atoms with Crippen molar-refractivity contribution in [3.8, 4) is 5.75 Å². The second kappa shape index (κ2) is 7.26. The Bertz CT molecular complexity index is 876. The van der Waals surface area contributed by atoms with Crippen LogP contribution in [0.1, 0.15) is 0 Å². The summed E-state index contributed by atoms with van der Waals surface area (Å²) in [5.41, 5.74) is 0. The summed E-state index contributed by atoms with van der Waals surface area (Å²) in [5, 5.41) is 9.53. The van der Waals surface area contributed by atoms with E-state index in [1.165, 1.54) is 12.1 Å². The Kier molecular flexibility index (Phi) is 7.37. The average molecular weight is 352 g/mol. The number of benzene rings is 2. The number of hydrogen-bond acceptors (Lipinski definition) is 5. The summed E-state index contributed by atoms with van der Waals surface area (Å²) >= 11 is 0. The molecule has 0 amide bonds. The van der Waals surface area contributed by atoms with Gasteiger partial charge in [0.2, 0.25) is 0 Å². The molecule has 3 N–H and O–H groups in total. The Morgan fingerprint density at radius 2 is 1.43 bits per heavy atom. The average Bonchev–Trinajstić information content (AvgIpc) is 2.25. The van der Waals surface area contributed by atoms with Crippen molar-refractivity contribution >= 4 is 90.1 Å². The number of phenolic OH excluding ortho intramolecular Hbond substituents is 1. The van der Waals surface area contributed by atoms with E-state index in [4.69, 9.17) is 9.11 Å². The third-order valence-electron chi connectivity index (χ3n) is 2.47. The molecule has 0 aromatic heterocycles. The van der Waals surface area contributed by atoms with Gasteiger partial charge in [0.1, 0.15) is 10.6 Å². The Balaban J connectivity index is 0.00000200. The summed E-state index contributed by atoms with van der Waals surface area (Å²) in [6.07, 6.45) is 0. The molecule has 2 aromatic carbocycles. The molecule has 0 radical (unpaired) electrons. The molecule has 0 bridgehead atoms. The Morgan fingerprint density at radius 3 is 1.90 bits per heavy atom. The van der Waals surface area contributed by atoms with Crippen LogP contribution in [0.5, 0.6) is 5.75 Å². The fourth-order valence-electron chi connectivity index (χ4n) is 1.71. The van der Waals surface area contributed by atoms with E-state index in [2.05, 4.69) is 0 Å². The molecular weight excluding hydrogens is 342 g/mol. The molecule has 0 heterocycles. The molecule has 0 atom stereocenters. The van der Waals surface area contributed by atoms with Gasteiger partial charge in [-0.05, 0) is 17.5 Å². The van der Waals surface area contributed by atoms with Crippen LogP contribution in [-0.4, -0.2) is 90.2 Å². The number of fused-ring (bicyclic) bond motifs is 1. The van der Waals surface area contributed by atoms with Crippen LogP contribution in [0.25, 0.3) is 10.8 Å². The van der Waals surface area contributed by atoms with Gasteiger partial charge in [0.25, 0.3) is 20.2 Å². The molecule has 7 nitrogen and oxygen atoms in total. The van der Waals surface area contributed by atoms with Gasteiger partial charge in [0.05, 0.1) is 4.90 Å². The summed E-state index contributed by atoms with van der Waals surface area (Å²) < 4.78 is 62.2. The molecular formula is C10H10Na2O7S2. The van der Waals surface area contributed by atoms with Gasteiger partial charge in [-0.25, -0.2) is 0 Å². The van der Waals surface area contributed by atoms with Crippen LogP contribution >= 0.6 is 0 Å². The summed E-state index contributed by atoms with van der Waals surface area (Å²) in [6, 6.07) is 5.34. The van der Waals surface area contributed by atoms with Crippen LogP contribution in [0.4, 0.5) is 0 Å². The first-order valence-corrected chi connectivity index (χ1v) is 7.69. The van der Waals surface area contributed by atoms with Crippen molar-refractivity contribution in [3.63, 3.8) is 0 Å². The van der Waals surface area contributed by atoms with Crippen molar-refractivity contribution in [2.45, 2.75) is 9.79 Å². The number of phenols is 1. The van der Waals surface area contributed by atoms with Crippen LogP contribution < -0.4 is 0 Å². The molecule has 11 heteroatoms. The first-order valence-electron chi connectivity index (χ1n) is 4.81. The van der Waals surface area contributed by atoms with E-state index in [9.17, 15) is 21.9 Å². The topological polar surface area (TPSA) is 129 Å². The van der Waals surface area contributed by atoms with Gasteiger partial charge < -0.3 is 5.11 Å². The van der Waals surface area contributed by atoms with Crippen LogP contribution in [-0.2, 0) is 20.2 Å². The van der Waals surface area contributed by atoms with Crippen molar-refractivity contribution in [1.29, 1.82) is 0 Å². The van der Waals surface area contributed by atoms with Crippen molar-refractivity contribution in [1.82, 2.24) is 0 Å². The number of hydrogen-bond donors (Lipinski definition) is 3. The first-order chi connectivity index (χ1) is 8.60. The maximum absolute atomic E-state index is 11.2. The fourth-order valence-corrected chi connectivity index (χ4v) is 2.98. The van der Waals surface area contributed by atoms with Gasteiger partial charge in [0.15, 0.2) is 0 Å². The van der Waals surface area contributed by atoms with Crippen molar-refractivity contribution in [3.05, 3.63) is 30.3 Å². The molecule has 2 aromatic rings. The maximum atomic E-state index is 11.2. The normalized spacial score (nSPS) is 11.5. The quantitative estimate of drug-likeness (QED) is 0.502. The van der Waals surface area contributed by atoms with Crippen LogP contribution in [0.15, 0.2) is 40.1 Å². The zero-order valence-corrected chi connectivity index (χ0v) is 10.8. The SMILES string of the molecule is O=S(=O)(O)c1cc(O)c2c(S(=O)(=O)O)cccc2c1.[NaH].[NaH]. The Morgan fingerprint density at radius 1 is 0.857 bits per heavy atom. The molecule has 0 saturated heterocycles. The first kappa shape index (κ1) is 21.3. The van der Waals surface area contributed by atoms with E-state index in [-0.39, 0.29) is 69.9 Å². The van der Waals surface area contributed by atoms with Crippen LogP contribution in [0, 0.1) is 0 Å². The zero-order valence-electron chi connectivity index (χ0n) is 9.18. The van der Waals surface area contributed by atoms with Crippen molar-refractivity contribution in [2.75, 3.05) is 0 Å². The van der Waals surface area contributed by atoms with E-state index >= 15 is 0 Å². The van der Waals surface area contributed by atoms with Crippen LogP contribution in [0.3, 0.4) is 0 Å². The molecule has 106 valence electrons. The predicted octanol–water partition coefficient (Wildman–Crippen LogP) is -0.258. The fraction of sp³-hybridized carbons (Fsp3) is 0. The minimum absolute atomic E-state index is 0.